The molecule has 7 heteroatoms. The van der Waals surface area contributed by atoms with E-state index < -0.39 is 11.7 Å². The summed E-state index contributed by atoms with van der Waals surface area (Å²) >= 11 is 0. The topological polar surface area (TPSA) is 96.5 Å². The van der Waals surface area contributed by atoms with Gasteiger partial charge in [0.25, 0.3) is 0 Å². The minimum atomic E-state index is -0.557. The van der Waals surface area contributed by atoms with Crippen LogP contribution in [-0.2, 0) is 14.3 Å². The van der Waals surface area contributed by atoms with Crippen LogP contribution >= 0.6 is 0 Å². The zero-order valence-corrected chi connectivity index (χ0v) is 14.9. The van der Waals surface area contributed by atoms with Crippen LogP contribution < -0.4 is 16.0 Å². The summed E-state index contributed by atoms with van der Waals surface area (Å²) in [6.07, 6.45) is 5.63. The highest BCUT2D eigenvalue weighted by Gasteiger charge is 2.15. The minimum Gasteiger partial charge on any atom is -0.444 e. The number of nitrogens with one attached hydrogen (secondary N) is 3. The molecule has 0 radical (unpaired) electrons. The Morgan fingerprint density at radius 3 is 2.25 bits per heavy atom. The molecule has 24 heavy (non-hydrogen) atoms. The summed E-state index contributed by atoms with van der Waals surface area (Å²) in [6.45, 7) is 6.27. The van der Waals surface area contributed by atoms with Gasteiger partial charge in [0.1, 0.15) is 5.60 Å². The van der Waals surface area contributed by atoms with Gasteiger partial charge in [-0.15, -0.1) is 0 Å². The van der Waals surface area contributed by atoms with Crippen molar-refractivity contribution in [2.24, 2.45) is 0 Å². The second kappa shape index (κ2) is 9.95. The highest BCUT2D eigenvalue weighted by Crippen LogP contribution is 2.23. The Kier molecular flexibility index (Phi) is 8.29. The summed E-state index contributed by atoms with van der Waals surface area (Å²) in [5.41, 5.74) is 0.642. The van der Waals surface area contributed by atoms with Crippen molar-refractivity contribution in [1.29, 1.82) is 0 Å². The van der Waals surface area contributed by atoms with Gasteiger partial charge in [-0.2, -0.15) is 0 Å². The van der Waals surface area contributed by atoms with Gasteiger partial charge in [0, 0.05) is 32.1 Å². The van der Waals surface area contributed by atoms with Crippen LogP contribution in [0.2, 0.25) is 0 Å². The van der Waals surface area contributed by atoms with Crippen LogP contribution in [0.4, 0.5) is 4.79 Å². The fourth-order valence-corrected chi connectivity index (χ4v) is 2.28. The molecule has 1 aliphatic rings. The highest BCUT2D eigenvalue weighted by atomic mass is 16.6. The van der Waals surface area contributed by atoms with Gasteiger partial charge >= 0.3 is 6.09 Å². The second-order valence-corrected chi connectivity index (χ2v) is 6.83. The Hall–Kier alpha value is -2.05. The first kappa shape index (κ1) is 20.0. The molecule has 0 unspecified atom stereocenters. The first-order valence-corrected chi connectivity index (χ1v) is 8.47. The van der Waals surface area contributed by atoms with Crippen LogP contribution in [0.1, 0.15) is 52.9 Å². The third-order valence-corrected chi connectivity index (χ3v) is 3.35. The van der Waals surface area contributed by atoms with Gasteiger partial charge in [0.05, 0.1) is 0 Å². The third kappa shape index (κ3) is 9.86. The average Bonchev–Trinajstić information content (AvgIpc) is 2.94. The van der Waals surface area contributed by atoms with E-state index >= 15 is 0 Å². The normalized spacial score (nSPS) is 14.0. The number of amides is 3. The molecule has 0 aromatic heterocycles. The second-order valence-electron chi connectivity index (χ2n) is 6.83. The predicted octanol–water partition coefficient (Wildman–Crippen LogP) is 1.63. The minimum absolute atomic E-state index is 0.104. The van der Waals surface area contributed by atoms with Gasteiger partial charge in [-0.25, -0.2) is 4.79 Å². The molecule has 0 heterocycles. The van der Waals surface area contributed by atoms with E-state index in [1.54, 1.807) is 26.8 Å². The summed E-state index contributed by atoms with van der Waals surface area (Å²) in [6, 6.07) is 0. The Balaban J connectivity index is 2.04. The number of rotatable bonds is 7. The van der Waals surface area contributed by atoms with E-state index in [0.717, 1.165) is 25.7 Å². The van der Waals surface area contributed by atoms with Crippen molar-refractivity contribution in [3.05, 3.63) is 11.6 Å². The molecule has 3 N–H and O–H groups in total. The molecule has 7 nitrogen and oxygen atoms in total. The van der Waals surface area contributed by atoms with Crippen LogP contribution in [0.5, 0.6) is 0 Å². The summed E-state index contributed by atoms with van der Waals surface area (Å²) in [5, 5.41) is 7.95. The molecule has 3 amide bonds. The lowest BCUT2D eigenvalue weighted by molar-refractivity contribution is -0.121. The molecule has 0 saturated heterocycles. The van der Waals surface area contributed by atoms with E-state index in [4.69, 9.17) is 4.74 Å². The maximum absolute atomic E-state index is 11.6. The van der Waals surface area contributed by atoms with E-state index in [0.29, 0.717) is 13.1 Å². The van der Waals surface area contributed by atoms with Crippen molar-refractivity contribution < 1.29 is 19.1 Å². The molecule has 0 bridgehead atoms. The van der Waals surface area contributed by atoms with E-state index in [2.05, 4.69) is 16.0 Å². The molecule has 0 aliphatic heterocycles. The van der Waals surface area contributed by atoms with Crippen LogP contribution in [0.3, 0.4) is 0 Å². The number of hydrogen-bond donors (Lipinski definition) is 3. The highest BCUT2D eigenvalue weighted by molar-refractivity contribution is 5.88. The van der Waals surface area contributed by atoms with Crippen LogP contribution in [-0.4, -0.2) is 43.1 Å². The number of alkyl carbamates (subject to hydrolysis) is 1. The Morgan fingerprint density at radius 1 is 1.00 bits per heavy atom. The number of hydrogen-bond acceptors (Lipinski definition) is 4. The van der Waals surface area contributed by atoms with Crippen LogP contribution in [0.25, 0.3) is 0 Å². The van der Waals surface area contributed by atoms with Gasteiger partial charge in [0.2, 0.25) is 11.8 Å². The number of ether oxygens (including phenoxy) is 1. The van der Waals surface area contributed by atoms with Crippen LogP contribution in [0.15, 0.2) is 11.6 Å². The standard InChI is InChI=1S/C17H29N3O4/c1-17(2,3)24-16(23)20-9-8-14(21)18-10-11-19-15(22)12-13-6-4-5-7-13/h12H,4-11H2,1-3H3,(H,18,21)(H,19,22)(H,20,23). The largest absolute Gasteiger partial charge is 0.444 e. The summed E-state index contributed by atoms with van der Waals surface area (Å²) < 4.78 is 5.06. The third-order valence-electron chi connectivity index (χ3n) is 3.35. The van der Waals surface area contributed by atoms with E-state index in [1.807, 2.05) is 0 Å². The van der Waals surface area contributed by atoms with Gasteiger partial charge in [0.15, 0.2) is 0 Å². The maximum Gasteiger partial charge on any atom is 0.407 e. The average molecular weight is 339 g/mol. The fourth-order valence-electron chi connectivity index (χ4n) is 2.28. The van der Waals surface area contributed by atoms with Gasteiger partial charge in [-0.1, -0.05) is 5.57 Å². The Labute approximate surface area is 143 Å². The molecular weight excluding hydrogens is 310 g/mol. The molecule has 0 atom stereocenters. The van der Waals surface area contributed by atoms with Crippen molar-refractivity contribution in [2.45, 2.75) is 58.5 Å². The SMILES string of the molecule is CC(C)(C)OC(=O)NCCC(=O)NCCNC(=O)C=C1CCCC1. The molecule has 136 valence electrons. The zero-order valence-electron chi connectivity index (χ0n) is 14.9. The van der Waals surface area contributed by atoms with Crippen LogP contribution in [0, 0.1) is 0 Å². The van der Waals surface area contributed by atoms with Gasteiger partial charge < -0.3 is 20.7 Å². The fraction of sp³-hybridized carbons (Fsp3) is 0.706. The lowest BCUT2D eigenvalue weighted by atomic mass is 10.2. The Morgan fingerprint density at radius 2 is 1.62 bits per heavy atom. The van der Waals surface area contributed by atoms with Gasteiger partial charge in [-0.3, -0.25) is 9.59 Å². The smallest absolute Gasteiger partial charge is 0.407 e. The molecule has 1 aliphatic carbocycles. The molecule has 0 aromatic carbocycles. The van der Waals surface area contributed by atoms with E-state index in [1.165, 1.54) is 5.57 Å². The lowest BCUT2D eigenvalue weighted by Crippen LogP contribution is -2.37. The molecule has 1 rings (SSSR count). The summed E-state index contributed by atoms with van der Waals surface area (Å²) in [5.74, 6) is -0.290. The summed E-state index contributed by atoms with van der Waals surface area (Å²) in [4.78, 5) is 34.6. The van der Waals surface area contributed by atoms with E-state index in [9.17, 15) is 14.4 Å². The van der Waals surface area contributed by atoms with Crippen molar-refractivity contribution >= 4 is 17.9 Å². The lowest BCUT2D eigenvalue weighted by Gasteiger charge is -2.19. The number of carbonyl (C=O) groups is 3. The number of allylic oxidation sites excluding steroid dienone is 1. The molecule has 1 saturated carbocycles. The molecule has 0 spiro atoms. The first-order chi connectivity index (χ1) is 11.3. The maximum atomic E-state index is 11.6. The van der Waals surface area contributed by atoms with Crippen molar-refractivity contribution in [3.63, 3.8) is 0 Å². The zero-order chi connectivity index (χ0) is 18.0. The van der Waals surface area contributed by atoms with Crippen molar-refractivity contribution in [2.75, 3.05) is 19.6 Å². The van der Waals surface area contributed by atoms with E-state index in [-0.39, 0.29) is 24.8 Å². The summed E-state index contributed by atoms with van der Waals surface area (Å²) in [7, 11) is 0. The molecular formula is C17H29N3O4. The quantitative estimate of drug-likeness (QED) is 0.485. The first-order valence-electron chi connectivity index (χ1n) is 8.47. The van der Waals surface area contributed by atoms with Gasteiger partial charge in [-0.05, 0) is 46.5 Å². The predicted molar refractivity (Wildman–Crippen MR) is 91.4 cm³/mol. The monoisotopic (exact) mass is 339 g/mol. The Bertz CT molecular complexity index is 473. The molecule has 1 fully saturated rings. The van der Waals surface area contributed by atoms with Crippen molar-refractivity contribution in [3.8, 4) is 0 Å². The van der Waals surface area contributed by atoms with Crippen molar-refractivity contribution in [1.82, 2.24) is 16.0 Å². The number of carbonyl (C=O) groups excluding carboxylic acids is 3. The molecule has 0 aromatic rings.